The summed E-state index contributed by atoms with van der Waals surface area (Å²) < 4.78 is 5.20. The summed E-state index contributed by atoms with van der Waals surface area (Å²) in [5, 5.41) is 6.67. The predicted molar refractivity (Wildman–Crippen MR) is 105 cm³/mol. The fourth-order valence-corrected chi connectivity index (χ4v) is 4.86. The van der Waals surface area contributed by atoms with Gasteiger partial charge in [0.1, 0.15) is 5.76 Å². The van der Waals surface area contributed by atoms with Gasteiger partial charge in [0.05, 0.1) is 17.9 Å². The topological polar surface area (TPSA) is 74.6 Å². The molecule has 1 aromatic heterocycles. The largest absolute Gasteiger partial charge is 0.469 e. The summed E-state index contributed by atoms with van der Waals surface area (Å²) in [6, 6.07) is 2.38. The number of carbonyl (C=O) groups is 2. The molecule has 2 N–H and O–H groups in total. The molecule has 6 nitrogen and oxygen atoms in total. The lowest BCUT2D eigenvalue weighted by Crippen LogP contribution is -2.51. The van der Waals surface area contributed by atoms with Crippen molar-refractivity contribution in [3.63, 3.8) is 0 Å². The van der Waals surface area contributed by atoms with E-state index in [2.05, 4.69) is 10.6 Å². The summed E-state index contributed by atoms with van der Waals surface area (Å²) in [6.07, 6.45) is 9.25. The van der Waals surface area contributed by atoms with E-state index in [1.54, 1.807) is 13.0 Å². The highest BCUT2D eigenvalue weighted by molar-refractivity contribution is 5.95. The second-order valence-electron chi connectivity index (χ2n) is 8.07. The van der Waals surface area contributed by atoms with Gasteiger partial charge in [-0.25, -0.2) is 0 Å². The van der Waals surface area contributed by atoms with E-state index in [0.29, 0.717) is 23.3 Å². The fourth-order valence-electron chi connectivity index (χ4n) is 4.86. The van der Waals surface area contributed by atoms with Gasteiger partial charge in [-0.15, -0.1) is 12.4 Å². The molecule has 1 saturated carbocycles. The molecule has 1 aliphatic carbocycles. The molecule has 3 atom stereocenters. The Morgan fingerprint density at radius 3 is 2.59 bits per heavy atom. The SMILES string of the molecule is Cc1occc1C(=O)NC1CCN(C(=O)C2CC3CCCCC3N2)CC1.Cl. The molecule has 3 aliphatic rings. The summed E-state index contributed by atoms with van der Waals surface area (Å²) in [5.74, 6) is 1.51. The Morgan fingerprint density at radius 2 is 1.93 bits per heavy atom. The first kappa shape index (κ1) is 20.2. The summed E-state index contributed by atoms with van der Waals surface area (Å²) in [4.78, 5) is 27.2. The molecule has 4 rings (SSSR count). The maximum Gasteiger partial charge on any atom is 0.255 e. The summed E-state index contributed by atoms with van der Waals surface area (Å²) in [6.45, 7) is 3.24. The molecule has 0 radical (unpaired) electrons. The number of amides is 2. The van der Waals surface area contributed by atoms with Crippen molar-refractivity contribution in [2.45, 2.75) is 70.0 Å². The smallest absolute Gasteiger partial charge is 0.255 e. The Bertz CT molecular complexity index is 655. The quantitative estimate of drug-likeness (QED) is 0.825. The van der Waals surface area contributed by atoms with Crippen LogP contribution in [0.5, 0.6) is 0 Å². The number of furan rings is 1. The van der Waals surface area contributed by atoms with E-state index in [1.807, 2.05) is 4.90 Å². The molecule has 0 aromatic carbocycles. The lowest BCUT2D eigenvalue weighted by atomic mass is 9.85. The van der Waals surface area contributed by atoms with Crippen LogP contribution in [0.1, 0.15) is 61.1 Å². The molecule has 150 valence electrons. The Balaban J connectivity index is 0.00000210. The second-order valence-corrected chi connectivity index (χ2v) is 8.07. The summed E-state index contributed by atoms with van der Waals surface area (Å²) >= 11 is 0. The van der Waals surface area contributed by atoms with Gasteiger partial charge in [-0.2, -0.15) is 0 Å². The number of halogens is 1. The number of aryl methyl sites for hydroxylation is 1. The number of fused-ring (bicyclic) bond motifs is 1. The summed E-state index contributed by atoms with van der Waals surface area (Å²) in [7, 11) is 0. The van der Waals surface area contributed by atoms with Crippen LogP contribution < -0.4 is 10.6 Å². The first-order valence-electron chi connectivity index (χ1n) is 10.0. The van der Waals surface area contributed by atoms with Crippen molar-refractivity contribution < 1.29 is 14.0 Å². The Labute approximate surface area is 166 Å². The molecule has 2 saturated heterocycles. The van der Waals surface area contributed by atoms with E-state index < -0.39 is 0 Å². The second kappa shape index (κ2) is 8.65. The third kappa shape index (κ3) is 4.32. The van der Waals surface area contributed by atoms with Gasteiger partial charge in [0, 0.05) is 25.2 Å². The van der Waals surface area contributed by atoms with Crippen LogP contribution in [0.4, 0.5) is 0 Å². The maximum absolute atomic E-state index is 12.9. The average molecular weight is 396 g/mol. The number of hydrogen-bond acceptors (Lipinski definition) is 4. The highest BCUT2D eigenvalue weighted by atomic mass is 35.5. The highest BCUT2D eigenvalue weighted by Gasteiger charge is 2.40. The Kier molecular flexibility index (Phi) is 6.48. The van der Waals surface area contributed by atoms with Crippen LogP contribution in [0, 0.1) is 12.8 Å². The molecule has 27 heavy (non-hydrogen) atoms. The van der Waals surface area contributed by atoms with Gasteiger partial charge in [-0.1, -0.05) is 12.8 Å². The minimum atomic E-state index is -0.0810. The van der Waals surface area contributed by atoms with E-state index in [9.17, 15) is 9.59 Å². The van der Waals surface area contributed by atoms with Gasteiger partial charge in [0.25, 0.3) is 5.91 Å². The molecule has 1 aromatic rings. The predicted octanol–water partition coefficient (Wildman–Crippen LogP) is 2.65. The minimum absolute atomic E-state index is 0. The Hall–Kier alpha value is -1.53. The summed E-state index contributed by atoms with van der Waals surface area (Å²) in [5.41, 5.74) is 0.598. The zero-order valence-electron chi connectivity index (χ0n) is 15.9. The van der Waals surface area contributed by atoms with Crippen molar-refractivity contribution >= 4 is 24.2 Å². The fraction of sp³-hybridized carbons (Fsp3) is 0.700. The normalized spacial score (nSPS) is 28.3. The number of rotatable bonds is 3. The average Bonchev–Trinajstić information content (AvgIpc) is 3.27. The van der Waals surface area contributed by atoms with Gasteiger partial charge < -0.3 is 20.0 Å². The van der Waals surface area contributed by atoms with Gasteiger partial charge in [-0.3, -0.25) is 9.59 Å². The van der Waals surface area contributed by atoms with E-state index in [0.717, 1.165) is 32.4 Å². The van der Waals surface area contributed by atoms with Gasteiger partial charge in [-0.05, 0) is 51.0 Å². The first-order valence-corrected chi connectivity index (χ1v) is 10.0. The van der Waals surface area contributed by atoms with Crippen LogP contribution >= 0.6 is 12.4 Å². The number of carbonyl (C=O) groups excluding carboxylic acids is 2. The number of likely N-dealkylation sites (tertiary alicyclic amines) is 1. The number of nitrogens with zero attached hydrogens (tertiary/aromatic N) is 1. The maximum atomic E-state index is 12.9. The van der Waals surface area contributed by atoms with Crippen molar-refractivity contribution in [3.8, 4) is 0 Å². The van der Waals surface area contributed by atoms with E-state index in [-0.39, 0.29) is 36.3 Å². The van der Waals surface area contributed by atoms with E-state index in [4.69, 9.17) is 4.42 Å². The van der Waals surface area contributed by atoms with Crippen LogP contribution in [0.2, 0.25) is 0 Å². The highest BCUT2D eigenvalue weighted by Crippen LogP contribution is 2.34. The van der Waals surface area contributed by atoms with Crippen molar-refractivity contribution in [2.75, 3.05) is 13.1 Å². The van der Waals surface area contributed by atoms with Crippen molar-refractivity contribution in [3.05, 3.63) is 23.7 Å². The van der Waals surface area contributed by atoms with Crippen LogP contribution in [0.25, 0.3) is 0 Å². The van der Waals surface area contributed by atoms with Crippen LogP contribution in [-0.2, 0) is 4.79 Å². The lowest BCUT2D eigenvalue weighted by Gasteiger charge is -2.34. The van der Waals surface area contributed by atoms with Crippen molar-refractivity contribution in [2.24, 2.45) is 5.92 Å². The lowest BCUT2D eigenvalue weighted by molar-refractivity contribution is -0.134. The number of hydrogen-bond donors (Lipinski definition) is 2. The number of nitrogens with one attached hydrogen (secondary N) is 2. The molecule has 0 spiro atoms. The molecule has 3 fully saturated rings. The molecule has 7 heteroatoms. The van der Waals surface area contributed by atoms with Crippen molar-refractivity contribution in [1.82, 2.24) is 15.5 Å². The van der Waals surface area contributed by atoms with Crippen molar-refractivity contribution in [1.29, 1.82) is 0 Å². The molecule has 2 aliphatic heterocycles. The zero-order chi connectivity index (χ0) is 18.1. The molecule has 2 amide bonds. The van der Waals surface area contributed by atoms with E-state index in [1.165, 1.54) is 31.9 Å². The molecule has 3 heterocycles. The van der Waals surface area contributed by atoms with Crippen LogP contribution in [0.3, 0.4) is 0 Å². The molecular formula is C20H30ClN3O3. The van der Waals surface area contributed by atoms with Gasteiger partial charge in [0.2, 0.25) is 5.91 Å². The molecular weight excluding hydrogens is 366 g/mol. The standard InChI is InChI=1S/C20H29N3O3.ClH/c1-13-16(8-11-26-13)19(24)21-15-6-9-23(10-7-15)20(25)18-12-14-4-2-3-5-17(14)22-18;/h8,11,14-15,17-18,22H,2-7,9-10,12H2,1H3,(H,21,24);1H. The van der Waals surface area contributed by atoms with E-state index >= 15 is 0 Å². The van der Waals surface area contributed by atoms with Gasteiger partial charge in [0.15, 0.2) is 0 Å². The third-order valence-corrected chi connectivity index (χ3v) is 6.41. The van der Waals surface area contributed by atoms with Crippen LogP contribution in [0.15, 0.2) is 16.7 Å². The number of piperidine rings is 1. The third-order valence-electron chi connectivity index (χ3n) is 6.41. The monoisotopic (exact) mass is 395 g/mol. The minimum Gasteiger partial charge on any atom is -0.469 e. The molecule has 3 unspecified atom stereocenters. The Morgan fingerprint density at radius 1 is 1.19 bits per heavy atom. The first-order chi connectivity index (χ1) is 12.6. The molecule has 0 bridgehead atoms. The van der Waals surface area contributed by atoms with Gasteiger partial charge >= 0.3 is 0 Å². The van der Waals surface area contributed by atoms with Crippen LogP contribution in [-0.4, -0.2) is 47.9 Å². The zero-order valence-corrected chi connectivity index (χ0v) is 16.7.